The lowest BCUT2D eigenvalue weighted by molar-refractivity contribution is -0.388. The van der Waals surface area contributed by atoms with Crippen LogP contribution in [0.3, 0.4) is 0 Å². The second-order valence-corrected chi connectivity index (χ2v) is 4.66. The van der Waals surface area contributed by atoms with Gasteiger partial charge in [-0.25, -0.2) is 0 Å². The normalized spacial score (nSPS) is 19.1. The van der Waals surface area contributed by atoms with Crippen molar-refractivity contribution in [2.24, 2.45) is 7.05 Å². The maximum absolute atomic E-state index is 10.9. The number of imidazole rings is 1. The molecule has 100 valence electrons. The molecule has 0 amide bonds. The quantitative estimate of drug-likeness (QED) is 0.608. The molecule has 0 spiro atoms. The van der Waals surface area contributed by atoms with Crippen LogP contribution < -0.4 is 10.6 Å². The van der Waals surface area contributed by atoms with Crippen LogP contribution in [-0.2, 0) is 7.05 Å². The van der Waals surface area contributed by atoms with E-state index in [4.69, 9.17) is 0 Å². The Morgan fingerprint density at radius 2 is 2.44 bits per heavy atom. The van der Waals surface area contributed by atoms with Gasteiger partial charge in [-0.2, -0.15) is 0 Å². The van der Waals surface area contributed by atoms with Crippen LogP contribution in [0.2, 0.25) is 0 Å². The molecule has 1 aromatic heterocycles. The zero-order valence-corrected chi connectivity index (χ0v) is 10.8. The Morgan fingerprint density at radius 3 is 3.06 bits per heavy atom. The Kier molecular flexibility index (Phi) is 3.81. The molecule has 7 nitrogen and oxygen atoms in total. The lowest BCUT2D eigenvalue weighted by Gasteiger charge is -2.11. The Morgan fingerprint density at radius 1 is 1.67 bits per heavy atom. The van der Waals surface area contributed by atoms with E-state index >= 15 is 0 Å². The van der Waals surface area contributed by atoms with Crippen LogP contribution >= 0.6 is 0 Å². The van der Waals surface area contributed by atoms with Crippen molar-refractivity contribution in [2.45, 2.75) is 32.2 Å². The highest BCUT2D eigenvalue weighted by molar-refractivity contribution is 5.53. The van der Waals surface area contributed by atoms with E-state index in [0.717, 1.165) is 19.5 Å². The lowest BCUT2D eigenvalue weighted by atomic mass is 10.1. The molecule has 0 unspecified atom stereocenters. The molecule has 0 aliphatic carbocycles. The van der Waals surface area contributed by atoms with Crippen LogP contribution in [-0.4, -0.2) is 33.6 Å². The Bertz CT molecular complexity index is 437. The number of aromatic nitrogens is 2. The monoisotopic (exact) mass is 253 g/mol. The number of rotatable bonds is 5. The van der Waals surface area contributed by atoms with E-state index in [0.29, 0.717) is 17.7 Å². The first-order valence-corrected chi connectivity index (χ1v) is 6.24. The number of hydrogen-bond donors (Lipinski definition) is 2. The average Bonchev–Trinajstić information content (AvgIpc) is 2.92. The summed E-state index contributed by atoms with van der Waals surface area (Å²) in [5.41, 5.74) is 0. The Hall–Kier alpha value is -1.63. The minimum atomic E-state index is -0.441. The van der Waals surface area contributed by atoms with Crippen molar-refractivity contribution in [3.63, 3.8) is 0 Å². The Labute approximate surface area is 106 Å². The summed E-state index contributed by atoms with van der Waals surface area (Å²) in [6.45, 7) is 3.56. The molecule has 0 aromatic carbocycles. The minimum absolute atomic E-state index is 0.0885. The van der Waals surface area contributed by atoms with Crippen molar-refractivity contribution in [1.29, 1.82) is 0 Å². The van der Waals surface area contributed by atoms with Gasteiger partial charge in [0.2, 0.25) is 11.6 Å². The number of nitro groups is 1. The van der Waals surface area contributed by atoms with Gasteiger partial charge in [-0.15, -0.1) is 0 Å². The van der Waals surface area contributed by atoms with Crippen LogP contribution in [0.4, 0.5) is 11.6 Å². The van der Waals surface area contributed by atoms with Crippen LogP contribution in [0.15, 0.2) is 0 Å². The summed E-state index contributed by atoms with van der Waals surface area (Å²) >= 11 is 0. The van der Waals surface area contributed by atoms with E-state index in [1.165, 1.54) is 12.8 Å². The van der Waals surface area contributed by atoms with Crippen molar-refractivity contribution < 1.29 is 4.92 Å². The van der Waals surface area contributed by atoms with Crippen LogP contribution in [0, 0.1) is 17.0 Å². The van der Waals surface area contributed by atoms with Gasteiger partial charge in [-0.1, -0.05) is 0 Å². The third-order valence-corrected chi connectivity index (χ3v) is 3.42. The predicted octanol–water partition coefficient (Wildman–Crippen LogP) is 1.19. The van der Waals surface area contributed by atoms with Gasteiger partial charge >= 0.3 is 5.82 Å². The number of anilines is 1. The van der Waals surface area contributed by atoms with Crippen LogP contribution in [0.5, 0.6) is 0 Å². The fourth-order valence-electron chi connectivity index (χ4n) is 2.29. The summed E-state index contributed by atoms with van der Waals surface area (Å²) in [7, 11) is 1.78. The molecule has 2 rings (SSSR count). The van der Waals surface area contributed by atoms with Crippen LogP contribution in [0.1, 0.15) is 25.1 Å². The summed E-state index contributed by atoms with van der Waals surface area (Å²) in [6.07, 6.45) is 3.38. The van der Waals surface area contributed by atoms with Crippen molar-refractivity contribution in [3.05, 3.63) is 15.9 Å². The van der Waals surface area contributed by atoms with E-state index in [9.17, 15) is 10.1 Å². The van der Waals surface area contributed by atoms with Crippen molar-refractivity contribution in [2.75, 3.05) is 18.4 Å². The fraction of sp³-hybridized carbons (Fsp3) is 0.727. The van der Waals surface area contributed by atoms with E-state index < -0.39 is 4.92 Å². The van der Waals surface area contributed by atoms with Crippen molar-refractivity contribution in [3.8, 4) is 0 Å². The fourth-order valence-corrected chi connectivity index (χ4v) is 2.29. The largest absolute Gasteiger partial charge is 0.406 e. The highest BCUT2D eigenvalue weighted by Crippen LogP contribution is 2.23. The molecule has 2 N–H and O–H groups in total. The average molecular weight is 253 g/mol. The second kappa shape index (κ2) is 5.34. The second-order valence-electron chi connectivity index (χ2n) is 4.66. The predicted molar refractivity (Wildman–Crippen MR) is 68.7 cm³/mol. The SMILES string of the molecule is Cc1nc([N+](=O)[O-])c(NCC[C@H]2CCCN2)n1C. The zero-order valence-electron chi connectivity index (χ0n) is 10.8. The first-order chi connectivity index (χ1) is 8.59. The third-order valence-electron chi connectivity index (χ3n) is 3.42. The molecule has 1 aliphatic rings. The van der Waals surface area contributed by atoms with Gasteiger partial charge in [0.25, 0.3) is 0 Å². The molecule has 1 aliphatic heterocycles. The molecule has 1 aromatic rings. The summed E-state index contributed by atoms with van der Waals surface area (Å²) in [5, 5.41) is 17.4. The number of nitrogens with one attached hydrogen (secondary N) is 2. The highest BCUT2D eigenvalue weighted by atomic mass is 16.6. The molecule has 1 atom stereocenters. The lowest BCUT2D eigenvalue weighted by Crippen LogP contribution is -2.24. The number of nitrogens with zero attached hydrogens (tertiary/aromatic N) is 3. The first kappa shape index (κ1) is 12.8. The molecule has 0 bridgehead atoms. The van der Waals surface area contributed by atoms with Crippen LogP contribution in [0.25, 0.3) is 0 Å². The summed E-state index contributed by atoms with van der Waals surface area (Å²) in [6, 6.07) is 0.533. The zero-order chi connectivity index (χ0) is 13.1. The van der Waals surface area contributed by atoms with E-state index in [1.54, 1.807) is 18.5 Å². The molecule has 0 radical (unpaired) electrons. The molecule has 0 saturated carbocycles. The molecular weight excluding hydrogens is 234 g/mol. The smallest absolute Gasteiger partial charge is 0.364 e. The molecule has 1 fully saturated rings. The van der Waals surface area contributed by atoms with Gasteiger partial charge in [-0.3, -0.25) is 4.57 Å². The van der Waals surface area contributed by atoms with Gasteiger partial charge in [0.1, 0.15) is 0 Å². The topological polar surface area (TPSA) is 85.0 Å². The van der Waals surface area contributed by atoms with Gasteiger partial charge in [0.15, 0.2) is 0 Å². The molecule has 18 heavy (non-hydrogen) atoms. The molecule has 2 heterocycles. The maximum Gasteiger partial charge on any atom is 0.406 e. The summed E-state index contributed by atoms with van der Waals surface area (Å²) in [4.78, 5) is 14.4. The van der Waals surface area contributed by atoms with E-state index in [2.05, 4.69) is 15.6 Å². The van der Waals surface area contributed by atoms with Crippen molar-refractivity contribution in [1.82, 2.24) is 14.9 Å². The van der Waals surface area contributed by atoms with Gasteiger partial charge in [0, 0.05) is 26.6 Å². The van der Waals surface area contributed by atoms with Crippen molar-refractivity contribution >= 4 is 11.6 Å². The van der Waals surface area contributed by atoms with Gasteiger partial charge in [0.05, 0.1) is 0 Å². The molecule has 1 saturated heterocycles. The van der Waals surface area contributed by atoms with Gasteiger partial charge < -0.3 is 20.7 Å². The third kappa shape index (κ3) is 2.61. The summed E-state index contributed by atoms with van der Waals surface area (Å²) in [5.74, 6) is 1.05. The first-order valence-electron chi connectivity index (χ1n) is 6.24. The number of hydrogen-bond acceptors (Lipinski definition) is 5. The standard InChI is InChI=1S/C11H19N5O2/c1-8-14-11(16(17)18)10(15(8)2)13-7-5-9-4-3-6-12-9/h9,12-13H,3-7H2,1-2H3/t9-/m1/s1. The molecule has 7 heteroatoms. The van der Waals surface area contributed by atoms with E-state index in [-0.39, 0.29) is 5.82 Å². The minimum Gasteiger partial charge on any atom is -0.364 e. The van der Waals surface area contributed by atoms with E-state index in [1.807, 2.05) is 0 Å². The molecular formula is C11H19N5O2. The Balaban J connectivity index is 1.97. The highest BCUT2D eigenvalue weighted by Gasteiger charge is 2.23. The maximum atomic E-state index is 10.9. The number of aryl methyl sites for hydroxylation is 1. The van der Waals surface area contributed by atoms with Gasteiger partial charge in [-0.05, 0) is 35.7 Å². The summed E-state index contributed by atoms with van der Waals surface area (Å²) < 4.78 is 1.72.